The summed E-state index contributed by atoms with van der Waals surface area (Å²) in [6.07, 6.45) is 2.18. The highest BCUT2D eigenvalue weighted by Gasteiger charge is 2.33. The smallest absolute Gasteiger partial charge is 0.237 e. The van der Waals surface area contributed by atoms with Crippen LogP contribution in [0.15, 0.2) is 18.2 Å². The largest absolute Gasteiger partial charge is 0.497 e. The highest BCUT2D eigenvalue weighted by atomic mass is 16.5. The average molecular weight is 348 g/mol. The SMILES string of the molecule is COc1ccc([C@@H]2CCCN2C(=O)CN2CCO[C@@H](C)C2)c(OC)c1. The number of ether oxygens (including phenoxy) is 3. The van der Waals surface area contributed by atoms with Crippen molar-refractivity contribution in [1.29, 1.82) is 0 Å². The van der Waals surface area contributed by atoms with Crippen LogP contribution in [0.2, 0.25) is 0 Å². The van der Waals surface area contributed by atoms with E-state index in [-0.39, 0.29) is 18.1 Å². The van der Waals surface area contributed by atoms with Gasteiger partial charge < -0.3 is 19.1 Å². The monoisotopic (exact) mass is 348 g/mol. The fraction of sp³-hybridized carbons (Fsp3) is 0.632. The second-order valence-electron chi connectivity index (χ2n) is 6.77. The summed E-state index contributed by atoms with van der Waals surface area (Å²) in [6.45, 7) is 5.65. The molecule has 2 atom stereocenters. The number of rotatable bonds is 5. The summed E-state index contributed by atoms with van der Waals surface area (Å²) in [5.41, 5.74) is 1.06. The minimum atomic E-state index is 0.0758. The van der Waals surface area contributed by atoms with Crippen LogP contribution in [0.4, 0.5) is 0 Å². The lowest BCUT2D eigenvalue weighted by atomic mass is 10.0. The van der Waals surface area contributed by atoms with Gasteiger partial charge in [-0.3, -0.25) is 9.69 Å². The molecule has 0 aromatic heterocycles. The van der Waals surface area contributed by atoms with Crippen LogP contribution in [0.25, 0.3) is 0 Å². The number of nitrogens with zero attached hydrogens (tertiary/aromatic N) is 2. The molecule has 2 fully saturated rings. The predicted molar refractivity (Wildman–Crippen MR) is 95.1 cm³/mol. The third-order valence-corrected chi connectivity index (χ3v) is 5.06. The number of hydrogen-bond donors (Lipinski definition) is 0. The van der Waals surface area contributed by atoms with Gasteiger partial charge in [-0.2, -0.15) is 0 Å². The fourth-order valence-corrected chi connectivity index (χ4v) is 3.80. The number of carbonyl (C=O) groups excluding carboxylic acids is 1. The number of amides is 1. The first kappa shape index (κ1) is 18.0. The molecule has 0 unspecified atom stereocenters. The van der Waals surface area contributed by atoms with Gasteiger partial charge in [0, 0.05) is 31.3 Å². The van der Waals surface area contributed by atoms with Gasteiger partial charge in [-0.15, -0.1) is 0 Å². The van der Waals surface area contributed by atoms with E-state index >= 15 is 0 Å². The van der Waals surface area contributed by atoms with Gasteiger partial charge in [-0.1, -0.05) is 0 Å². The molecule has 0 N–H and O–H groups in total. The molecule has 0 saturated carbocycles. The zero-order chi connectivity index (χ0) is 17.8. The minimum absolute atomic E-state index is 0.0758. The lowest BCUT2D eigenvalue weighted by Crippen LogP contribution is -2.47. The van der Waals surface area contributed by atoms with E-state index in [2.05, 4.69) is 11.8 Å². The van der Waals surface area contributed by atoms with Crippen molar-refractivity contribution in [1.82, 2.24) is 9.80 Å². The Morgan fingerprint density at radius 1 is 1.28 bits per heavy atom. The first-order valence-corrected chi connectivity index (χ1v) is 8.97. The van der Waals surface area contributed by atoms with Gasteiger partial charge in [-0.05, 0) is 31.9 Å². The number of methoxy groups -OCH3 is 2. The molecule has 2 heterocycles. The topological polar surface area (TPSA) is 51.2 Å². The Morgan fingerprint density at radius 2 is 2.12 bits per heavy atom. The van der Waals surface area contributed by atoms with E-state index in [4.69, 9.17) is 14.2 Å². The van der Waals surface area contributed by atoms with Gasteiger partial charge in [0.2, 0.25) is 5.91 Å². The zero-order valence-corrected chi connectivity index (χ0v) is 15.4. The molecule has 1 amide bonds. The number of hydrogen-bond acceptors (Lipinski definition) is 5. The number of carbonyl (C=O) groups is 1. The lowest BCUT2D eigenvalue weighted by Gasteiger charge is -2.33. The zero-order valence-electron chi connectivity index (χ0n) is 15.4. The van der Waals surface area contributed by atoms with Crippen LogP contribution in [0.1, 0.15) is 31.4 Å². The molecule has 0 radical (unpaired) electrons. The minimum Gasteiger partial charge on any atom is -0.497 e. The second kappa shape index (κ2) is 8.06. The van der Waals surface area contributed by atoms with Crippen LogP contribution in [-0.2, 0) is 9.53 Å². The average Bonchev–Trinajstić information content (AvgIpc) is 3.10. The molecular formula is C19H28N2O4. The normalized spacial score (nSPS) is 24.4. The lowest BCUT2D eigenvalue weighted by molar-refractivity contribution is -0.135. The van der Waals surface area contributed by atoms with E-state index in [1.165, 1.54) is 0 Å². The van der Waals surface area contributed by atoms with E-state index in [1.807, 2.05) is 23.1 Å². The summed E-state index contributed by atoms with van der Waals surface area (Å²) in [4.78, 5) is 17.1. The molecule has 2 aliphatic rings. The highest BCUT2D eigenvalue weighted by molar-refractivity contribution is 5.79. The predicted octanol–water partition coefficient (Wildman–Crippen LogP) is 2.09. The molecule has 1 aromatic rings. The summed E-state index contributed by atoms with van der Waals surface area (Å²) in [6, 6.07) is 5.92. The van der Waals surface area contributed by atoms with Crippen LogP contribution >= 0.6 is 0 Å². The van der Waals surface area contributed by atoms with E-state index in [0.717, 1.165) is 49.5 Å². The van der Waals surface area contributed by atoms with Crippen molar-refractivity contribution >= 4 is 5.91 Å². The fourth-order valence-electron chi connectivity index (χ4n) is 3.80. The van der Waals surface area contributed by atoms with E-state index < -0.39 is 0 Å². The molecule has 1 aromatic carbocycles. The summed E-state index contributed by atoms with van der Waals surface area (Å²) >= 11 is 0. The summed E-state index contributed by atoms with van der Waals surface area (Å²) in [7, 11) is 3.30. The quantitative estimate of drug-likeness (QED) is 0.816. The van der Waals surface area contributed by atoms with Crippen molar-refractivity contribution in [2.45, 2.75) is 31.9 Å². The summed E-state index contributed by atoms with van der Waals surface area (Å²) < 4.78 is 16.4. The Labute approximate surface area is 149 Å². The maximum Gasteiger partial charge on any atom is 0.237 e. The molecule has 0 aliphatic carbocycles. The van der Waals surface area contributed by atoms with Crippen molar-refractivity contribution in [2.75, 3.05) is 47.0 Å². The first-order chi connectivity index (χ1) is 12.1. The van der Waals surface area contributed by atoms with E-state index in [0.29, 0.717) is 13.2 Å². The third kappa shape index (κ3) is 4.07. The summed E-state index contributed by atoms with van der Waals surface area (Å²) in [5.74, 6) is 1.73. The van der Waals surface area contributed by atoms with Crippen LogP contribution in [0.5, 0.6) is 11.5 Å². The Morgan fingerprint density at radius 3 is 2.84 bits per heavy atom. The molecule has 25 heavy (non-hydrogen) atoms. The van der Waals surface area contributed by atoms with Gasteiger partial charge in [0.25, 0.3) is 0 Å². The Bertz CT molecular complexity index is 607. The number of benzene rings is 1. The van der Waals surface area contributed by atoms with Crippen molar-refractivity contribution < 1.29 is 19.0 Å². The molecule has 2 aliphatic heterocycles. The van der Waals surface area contributed by atoms with Crippen molar-refractivity contribution in [3.8, 4) is 11.5 Å². The number of likely N-dealkylation sites (tertiary alicyclic amines) is 1. The molecule has 2 saturated heterocycles. The van der Waals surface area contributed by atoms with E-state index in [9.17, 15) is 4.79 Å². The highest BCUT2D eigenvalue weighted by Crippen LogP contribution is 2.38. The summed E-state index contributed by atoms with van der Waals surface area (Å²) in [5, 5.41) is 0. The van der Waals surface area contributed by atoms with Crippen LogP contribution < -0.4 is 9.47 Å². The third-order valence-electron chi connectivity index (χ3n) is 5.06. The second-order valence-corrected chi connectivity index (χ2v) is 6.77. The van der Waals surface area contributed by atoms with Crippen molar-refractivity contribution in [2.24, 2.45) is 0 Å². The van der Waals surface area contributed by atoms with Gasteiger partial charge >= 0.3 is 0 Å². The Kier molecular flexibility index (Phi) is 5.81. The molecule has 0 spiro atoms. The molecular weight excluding hydrogens is 320 g/mol. The van der Waals surface area contributed by atoms with Crippen LogP contribution in [0.3, 0.4) is 0 Å². The van der Waals surface area contributed by atoms with Crippen LogP contribution in [0, 0.1) is 0 Å². The standard InChI is InChI=1S/C19H28N2O4/c1-14-12-20(9-10-25-14)13-19(22)21-8-4-5-17(21)16-7-6-15(23-2)11-18(16)24-3/h6-7,11,14,17H,4-5,8-10,12-13H2,1-3H3/t14-,17-/m0/s1. The molecule has 6 heteroatoms. The van der Waals surface area contributed by atoms with Gasteiger partial charge in [0.1, 0.15) is 11.5 Å². The first-order valence-electron chi connectivity index (χ1n) is 8.97. The van der Waals surface area contributed by atoms with Gasteiger partial charge in [0.05, 0.1) is 39.5 Å². The van der Waals surface area contributed by atoms with Crippen molar-refractivity contribution in [3.63, 3.8) is 0 Å². The van der Waals surface area contributed by atoms with Crippen LogP contribution in [-0.4, -0.2) is 68.8 Å². The van der Waals surface area contributed by atoms with E-state index in [1.54, 1.807) is 14.2 Å². The maximum atomic E-state index is 12.9. The van der Waals surface area contributed by atoms with Gasteiger partial charge in [0.15, 0.2) is 0 Å². The molecule has 3 rings (SSSR count). The molecule has 6 nitrogen and oxygen atoms in total. The van der Waals surface area contributed by atoms with Gasteiger partial charge in [-0.25, -0.2) is 0 Å². The Hall–Kier alpha value is -1.79. The van der Waals surface area contributed by atoms with Crippen molar-refractivity contribution in [3.05, 3.63) is 23.8 Å². The maximum absolute atomic E-state index is 12.9. The molecule has 138 valence electrons. The Balaban J connectivity index is 1.72. The number of morpholine rings is 1. The molecule has 0 bridgehead atoms.